The first-order chi connectivity index (χ1) is 37.7. The predicted molar refractivity (Wildman–Crippen MR) is 302 cm³/mol. The Labute approximate surface area is 472 Å². The van der Waals surface area contributed by atoms with Crippen molar-refractivity contribution in [3.05, 3.63) is 83.4 Å². The van der Waals surface area contributed by atoms with Crippen LogP contribution in [0.4, 0.5) is 0 Å². The molecule has 79 heavy (non-hydrogen) atoms. The van der Waals surface area contributed by atoms with Gasteiger partial charge in [-0.2, -0.15) is 0 Å². The standard InChI is InChI=1S/C67H96O12/c1-14-55-39(5)42(8)58(77-61(70)46-22-18-16-19-23-46)63(75-55)72-36-37(3)26-29-53(68)44(10)57-54(69)35-52-50-28-27-48-34-49(30-32-66(48,12)51(50)31-33-67(52,57)13)74-65-60(43(9)40(6)56(15-2)76-65)79-64-59(41(7)38(4)45(11)73-64)78-62(71)47-24-20-17-21-25-47/h16-25,27,37-45,49-52,55-60,63-65H,14-15,26,28-36H2,1-13H3/t37-,38-,39+,40+,41+,42+,43+,44-,45?,49+,50-,51+,52+,55?,56?,57+,58?,59?,60?,63-,64+,65-,66+,67+/m1/s1. The quantitative estimate of drug-likeness (QED) is 0.104. The highest BCUT2D eigenvalue weighted by atomic mass is 16.8. The van der Waals surface area contributed by atoms with Gasteiger partial charge in [-0.15, -0.1) is 0 Å². The molecule has 0 radical (unpaired) electrons. The lowest BCUT2D eigenvalue weighted by Crippen LogP contribution is -2.58. The minimum absolute atomic E-state index is 0.00328. The van der Waals surface area contributed by atoms with E-state index in [0.717, 1.165) is 51.4 Å². The molecule has 12 nitrogen and oxygen atoms in total. The lowest BCUT2D eigenvalue weighted by Gasteiger charge is -2.58. The van der Waals surface area contributed by atoms with Crippen molar-refractivity contribution in [2.24, 2.45) is 81.8 Å². The van der Waals surface area contributed by atoms with Crippen molar-refractivity contribution < 1.29 is 57.1 Å². The summed E-state index contributed by atoms with van der Waals surface area (Å²) in [7, 11) is 0. The van der Waals surface area contributed by atoms with Gasteiger partial charge in [-0.3, -0.25) is 9.59 Å². The third-order valence-electron chi connectivity index (χ3n) is 22.1. The Kier molecular flexibility index (Phi) is 18.9. The highest BCUT2D eigenvalue weighted by Crippen LogP contribution is 2.67. The molecule has 3 aliphatic heterocycles. The Balaban J connectivity index is 0.818. The summed E-state index contributed by atoms with van der Waals surface area (Å²) in [5.41, 5.74) is 2.22. The fraction of sp³-hybridized carbons (Fsp3) is 0.731. The van der Waals surface area contributed by atoms with Crippen LogP contribution in [0.1, 0.15) is 181 Å². The van der Waals surface area contributed by atoms with E-state index in [1.165, 1.54) is 5.57 Å². The topological polar surface area (TPSA) is 142 Å². The summed E-state index contributed by atoms with van der Waals surface area (Å²) in [5, 5.41) is 0. The van der Waals surface area contributed by atoms with E-state index in [2.05, 4.69) is 89.2 Å². The number of hydrogen-bond acceptors (Lipinski definition) is 12. The minimum Gasteiger partial charge on any atom is -0.453 e. The van der Waals surface area contributed by atoms with Gasteiger partial charge < -0.3 is 37.9 Å². The van der Waals surface area contributed by atoms with Gasteiger partial charge >= 0.3 is 11.9 Å². The molecule has 12 heteroatoms. The van der Waals surface area contributed by atoms with Gasteiger partial charge in [0, 0.05) is 36.5 Å². The Bertz CT molecular complexity index is 2440. The smallest absolute Gasteiger partial charge is 0.338 e. The Hall–Kier alpha value is -3.78. The van der Waals surface area contributed by atoms with Crippen molar-refractivity contribution in [2.75, 3.05) is 6.61 Å². The maximum absolute atomic E-state index is 14.4. The van der Waals surface area contributed by atoms with E-state index in [-0.39, 0.29) is 106 Å². The number of rotatable bonds is 18. The number of fused-ring (bicyclic) bond motifs is 5. The zero-order valence-corrected chi connectivity index (χ0v) is 49.9. The number of benzene rings is 2. The predicted octanol–water partition coefficient (Wildman–Crippen LogP) is 13.4. The van der Waals surface area contributed by atoms with Crippen LogP contribution in [0, 0.1) is 81.8 Å². The SMILES string of the molecule is CCC1O[C@@H](OC[C@H](C)CCC(=O)[C@@H](C)[C@H]2C(=O)C[C@H]3[C@@H]4CC=C5C[C@@H](O[C@@H]6OC(CC)[C@@H](C)[C@H](C)C6O[C@@H]6OC(C)[C@H](C)[C@H](C)C6OC(=O)c6ccccc6)CC[C@]5(C)[C@H]4CC[C@]23C)C(OC(=O)c2ccccc2)[C@@H](C)[C@@H]1C. The number of carbonyl (C=O) groups is 4. The average Bonchev–Trinajstić information content (AvgIpc) is 3.81. The first-order valence-corrected chi connectivity index (χ1v) is 30.8. The van der Waals surface area contributed by atoms with Crippen LogP contribution in [-0.4, -0.2) is 91.7 Å². The molecule has 9 rings (SSSR count). The van der Waals surface area contributed by atoms with Crippen molar-refractivity contribution in [1.29, 1.82) is 0 Å². The Morgan fingerprint density at radius 3 is 1.81 bits per heavy atom. The summed E-state index contributed by atoms with van der Waals surface area (Å²) >= 11 is 0. The molecule has 436 valence electrons. The largest absolute Gasteiger partial charge is 0.453 e. The molecule has 0 spiro atoms. The molecule has 3 saturated heterocycles. The van der Waals surface area contributed by atoms with E-state index in [0.29, 0.717) is 48.8 Å². The number of carbonyl (C=O) groups excluding carboxylic acids is 4. The summed E-state index contributed by atoms with van der Waals surface area (Å²) in [4.78, 5) is 55.4. The van der Waals surface area contributed by atoms with Gasteiger partial charge in [-0.1, -0.05) is 131 Å². The zero-order valence-electron chi connectivity index (χ0n) is 49.9. The molecule has 3 saturated carbocycles. The molecule has 7 aliphatic rings. The molecule has 24 atom stereocenters. The summed E-state index contributed by atoms with van der Waals surface area (Å²) in [6, 6.07) is 18.1. The van der Waals surface area contributed by atoms with E-state index in [1.54, 1.807) is 24.3 Å². The highest BCUT2D eigenvalue weighted by molar-refractivity contribution is 5.92. The van der Waals surface area contributed by atoms with Crippen molar-refractivity contribution >= 4 is 23.5 Å². The second kappa shape index (κ2) is 25.0. The van der Waals surface area contributed by atoms with Crippen LogP contribution in [0.15, 0.2) is 72.3 Å². The summed E-state index contributed by atoms with van der Waals surface area (Å²) in [6.07, 6.45) is 7.44. The molecule has 6 fully saturated rings. The summed E-state index contributed by atoms with van der Waals surface area (Å²) < 4.78 is 53.0. The second-order valence-electron chi connectivity index (χ2n) is 26.5. The van der Waals surface area contributed by atoms with Crippen molar-refractivity contribution in [2.45, 2.75) is 222 Å². The van der Waals surface area contributed by atoms with Crippen LogP contribution in [0.25, 0.3) is 0 Å². The van der Waals surface area contributed by atoms with Crippen molar-refractivity contribution in [3.8, 4) is 0 Å². The van der Waals surface area contributed by atoms with Crippen LogP contribution in [-0.2, 0) is 47.5 Å². The molecule has 0 aromatic heterocycles. The van der Waals surface area contributed by atoms with Crippen LogP contribution in [0.5, 0.6) is 0 Å². The lowest BCUT2D eigenvalue weighted by molar-refractivity contribution is -0.349. The van der Waals surface area contributed by atoms with E-state index in [1.807, 2.05) is 43.3 Å². The van der Waals surface area contributed by atoms with Gasteiger partial charge in [0.15, 0.2) is 31.1 Å². The molecular weight excluding hydrogens is 997 g/mol. The normalized spacial score (nSPS) is 41.9. The average molecular weight is 1090 g/mol. The van der Waals surface area contributed by atoms with Crippen molar-refractivity contribution in [1.82, 2.24) is 0 Å². The molecule has 0 amide bonds. The lowest BCUT2D eigenvalue weighted by atomic mass is 9.47. The maximum Gasteiger partial charge on any atom is 0.338 e. The van der Waals surface area contributed by atoms with Gasteiger partial charge in [-0.05, 0) is 147 Å². The van der Waals surface area contributed by atoms with Gasteiger partial charge in [0.25, 0.3) is 0 Å². The fourth-order valence-electron chi connectivity index (χ4n) is 16.2. The number of allylic oxidation sites excluding steroid dienone is 1. The number of esters is 2. The molecule has 3 heterocycles. The van der Waals surface area contributed by atoms with Gasteiger partial charge in [-0.25, -0.2) is 9.59 Å². The second-order valence-corrected chi connectivity index (χ2v) is 26.5. The van der Waals surface area contributed by atoms with E-state index < -0.39 is 49.1 Å². The first-order valence-electron chi connectivity index (χ1n) is 30.8. The van der Waals surface area contributed by atoms with Crippen LogP contribution >= 0.6 is 0 Å². The van der Waals surface area contributed by atoms with E-state index in [9.17, 15) is 19.2 Å². The third-order valence-corrected chi connectivity index (χ3v) is 22.1. The first kappa shape index (κ1) is 59.8. The number of hydrogen-bond donors (Lipinski definition) is 0. The van der Waals surface area contributed by atoms with Crippen LogP contribution in [0.2, 0.25) is 0 Å². The Morgan fingerprint density at radius 2 is 1.20 bits per heavy atom. The van der Waals surface area contributed by atoms with Crippen molar-refractivity contribution in [3.63, 3.8) is 0 Å². The molecule has 0 N–H and O–H groups in total. The molecule has 0 bridgehead atoms. The minimum atomic E-state index is -0.789. The van der Waals surface area contributed by atoms with E-state index in [4.69, 9.17) is 37.9 Å². The Morgan fingerprint density at radius 1 is 0.646 bits per heavy atom. The van der Waals surface area contributed by atoms with E-state index >= 15 is 0 Å². The molecule has 6 unspecified atom stereocenters. The number of ketones is 2. The monoisotopic (exact) mass is 1090 g/mol. The van der Waals surface area contributed by atoms with Gasteiger partial charge in [0.1, 0.15) is 17.7 Å². The third kappa shape index (κ3) is 12.1. The number of Topliss-reactive ketones (excluding diaryl/α,β-unsaturated/α-hetero) is 2. The molecule has 2 aromatic carbocycles. The highest BCUT2D eigenvalue weighted by Gasteiger charge is 2.63. The van der Waals surface area contributed by atoms with Crippen LogP contribution < -0.4 is 0 Å². The molecule has 2 aromatic rings. The summed E-state index contributed by atoms with van der Waals surface area (Å²) in [6.45, 7) is 28.6. The molecule has 4 aliphatic carbocycles. The number of ether oxygens (including phenoxy) is 8. The van der Waals surface area contributed by atoms with Gasteiger partial charge in [0.2, 0.25) is 0 Å². The molecular formula is C67H96O12. The maximum atomic E-state index is 14.4. The van der Waals surface area contributed by atoms with Gasteiger partial charge in [0.05, 0.1) is 42.1 Å². The summed E-state index contributed by atoms with van der Waals surface area (Å²) in [5.74, 6) is 0.746. The fourth-order valence-corrected chi connectivity index (χ4v) is 16.2. The van der Waals surface area contributed by atoms with Crippen LogP contribution in [0.3, 0.4) is 0 Å². The zero-order chi connectivity index (χ0) is 56.7.